The van der Waals surface area contributed by atoms with Gasteiger partial charge in [0.2, 0.25) is 0 Å². The van der Waals surface area contributed by atoms with Crippen molar-refractivity contribution in [3.8, 4) is 0 Å². The van der Waals surface area contributed by atoms with Crippen LogP contribution in [-0.4, -0.2) is 24.1 Å². The maximum atomic E-state index is 12.2. The third-order valence-corrected chi connectivity index (χ3v) is 3.35. The van der Waals surface area contributed by atoms with Crippen molar-refractivity contribution in [2.75, 3.05) is 19.8 Å². The predicted molar refractivity (Wildman–Crippen MR) is 73.9 cm³/mol. The summed E-state index contributed by atoms with van der Waals surface area (Å²) in [6.07, 6.45) is 1.55. The molecule has 0 aliphatic carbocycles. The minimum absolute atomic E-state index is 0.311. The molecular weight excluding hydrogens is 233 g/mol. The highest BCUT2D eigenvalue weighted by molar-refractivity contribution is 7.97. The zero-order chi connectivity index (χ0) is 12.5. The van der Waals surface area contributed by atoms with E-state index in [9.17, 15) is 4.39 Å². The van der Waals surface area contributed by atoms with E-state index in [0.717, 1.165) is 25.1 Å². The van der Waals surface area contributed by atoms with Crippen LogP contribution in [0.3, 0.4) is 0 Å². The molecule has 1 aromatic rings. The fraction of sp³-hybridized carbons (Fsp3) is 0.429. The summed E-state index contributed by atoms with van der Waals surface area (Å²) in [5.74, 6) is 0. The fourth-order valence-electron chi connectivity index (χ4n) is 1.50. The molecule has 0 N–H and O–H groups in total. The van der Waals surface area contributed by atoms with E-state index >= 15 is 0 Å². The van der Waals surface area contributed by atoms with Gasteiger partial charge >= 0.3 is 0 Å². The van der Waals surface area contributed by atoms with E-state index in [-0.39, 0.29) is 6.67 Å². The largest absolute Gasteiger partial charge is 0.251 e. The minimum atomic E-state index is -0.311. The third kappa shape index (κ3) is 5.89. The molecule has 0 radical (unpaired) electrons. The Balaban J connectivity index is 2.51. The molecule has 1 rings (SSSR count). The molecule has 1 nitrogen and oxygen atoms in total. The molecule has 0 unspecified atom stereocenters. The van der Waals surface area contributed by atoms with Gasteiger partial charge in [0.1, 0.15) is 0 Å². The Bertz CT molecular complexity index is 326. The van der Waals surface area contributed by atoms with Crippen molar-refractivity contribution in [1.29, 1.82) is 0 Å². The SMILES string of the molecule is C=C(CCF)CN(CCC)Sc1ccccc1. The van der Waals surface area contributed by atoms with Crippen LogP contribution in [0.15, 0.2) is 47.4 Å². The zero-order valence-corrected chi connectivity index (χ0v) is 11.2. The first kappa shape index (κ1) is 14.3. The van der Waals surface area contributed by atoms with Gasteiger partial charge in [-0.3, -0.25) is 4.39 Å². The van der Waals surface area contributed by atoms with Gasteiger partial charge in [0.15, 0.2) is 0 Å². The second-order valence-electron chi connectivity index (χ2n) is 3.96. The Hall–Kier alpha value is -0.800. The molecule has 0 heterocycles. The van der Waals surface area contributed by atoms with E-state index in [1.54, 1.807) is 11.9 Å². The molecule has 0 atom stereocenters. The molecule has 0 spiro atoms. The molecule has 0 amide bonds. The zero-order valence-electron chi connectivity index (χ0n) is 10.4. The number of rotatable bonds is 8. The molecule has 94 valence electrons. The summed E-state index contributed by atoms with van der Waals surface area (Å²) in [6.45, 7) is 7.50. The number of alkyl halides is 1. The average molecular weight is 253 g/mol. The van der Waals surface area contributed by atoms with E-state index < -0.39 is 0 Å². The van der Waals surface area contributed by atoms with E-state index in [2.05, 4.69) is 29.9 Å². The fourth-order valence-corrected chi connectivity index (χ4v) is 2.60. The average Bonchev–Trinajstić information content (AvgIpc) is 2.31. The van der Waals surface area contributed by atoms with Crippen molar-refractivity contribution in [2.45, 2.75) is 24.7 Å². The topological polar surface area (TPSA) is 3.24 Å². The van der Waals surface area contributed by atoms with Crippen LogP contribution >= 0.6 is 11.9 Å². The van der Waals surface area contributed by atoms with E-state index in [4.69, 9.17) is 0 Å². The summed E-state index contributed by atoms with van der Waals surface area (Å²) in [6, 6.07) is 10.2. The Morgan fingerprint density at radius 1 is 1.35 bits per heavy atom. The molecule has 0 fully saturated rings. The second-order valence-corrected chi connectivity index (χ2v) is 5.13. The lowest BCUT2D eigenvalue weighted by atomic mass is 10.2. The number of halogens is 1. The van der Waals surface area contributed by atoms with Gasteiger partial charge in [0.25, 0.3) is 0 Å². The van der Waals surface area contributed by atoms with Gasteiger partial charge in [0, 0.05) is 18.0 Å². The molecule has 0 bridgehead atoms. The molecule has 0 saturated heterocycles. The summed E-state index contributed by atoms with van der Waals surface area (Å²) in [4.78, 5) is 1.22. The van der Waals surface area contributed by atoms with Crippen LogP contribution in [0.1, 0.15) is 19.8 Å². The molecular formula is C14H20FNS. The lowest BCUT2D eigenvalue weighted by Crippen LogP contribution is -2.19. The molecule has 0 saturated carbocycles. The Labute approximate surface area is 108 Å². The standard InChI is InChI=1S/C14H20FNS/c1-3-11-16(12-13(2)9-10-15)17-14-7-5-4-6-8-14/h4-8H,2-3,9-12H2,1H3. The molecule has 1 aromatic carbocycles. The molecule has 0 aromatic heterocycles. The van der Waals surface area contributed by atoms with Crippen LogP contribution < -0.4 is 0 Å². The third-order valence-electron chi connectivity index (χ3n) is 2.30. The predicted octanol–water partition coefficient (Wildman–Crippen LogP) is 4.32. The van der Waals surface area contributed by atoms with Crippen LogP contribution in [0.5, 0.6) is 0 Å². The van der Waals surface area contributed by atoms with Crippen LogP contribution in [-0.2, 0) is 0 Å². The van der Waals surface area contributed by atoms with Crippen molar-refractivity contribution < 1.29 is 4.39 Å². The summed E-state index contributed by atoms with van der Waals surface area (Å²) in [5.41, 5.74) is 0.962. The van der Waals surface area contributed by atoms with Gasteiger partial charge < -0.3 is 0 Å². The van der Waals surface area contributed by atoms with Crippen molar-refractivity contribution in [3.63, 3.8) is 0 Å². The lowest BCUT2D eigenvalue weighted by molar-refractivity contribution is 0.461. The Kier molecular flexibility index (Phi) is 6.97. The smallest absolute Gasteiger partial charge is 0.0931 e. The van der Waals surface area contributed by atoms with Crippen LogP contribution in [0.2, 0.25) is 0 Å². The van der Waals surface area contributed by atoms with E-state index in [1.165, 1.54) is 4.90 Å². The highest BCUT2D eigenvalue weighted by atomic mass is 32.2. The van der Waals surface area contributed by atoms with Gasteiger partial charge in [-0.15, -0.1) is 0 Å². The van der Waals surface area contributed by atoms with E-state index in [1.807, 2.05) is 18.2 Å². The minimum Gasteiger partial charge on any atom is -0.251 e. The van der Waals surface area contributed by atoms with Gasteiger partial charge in [-0.1, -0.05) is 37.3 Å². The first-order chi connectivity index (χ1) is 8.26. The summed E-state index contributed by atoms with van der Waals surface area (Å²) < 4.78 is 14.5. The first-order valence-corrected chi connectivity index (χ1v) is 6.74. The van der Waals surface area contributed by atoms with Gasteiger partial charge in [0.05, 0.1) is 6.67 Å². The second kappa shape index (κ2) is 8.31. The Morgan fingerprint density at radius 3 is 2.65 bits per heavy atom. The van der Waals surface area contributed by atoms with Crippen molar-refractivity contribution in [3.05, 3.63) is 42.5 Å². The van der Waals surface area contributed by atoms with Crippen molar-refractivity contribution >= 4 is 11.9 Å². The molecule has 0 aliphatic heterocycles. The lowest BCUT2D eigenvalue weighted by Gasteiger charge is -2.21. The van der Waals surface area contributed by atoms with E-state index in [0.29, 0.717) is 6.42 Å². The molecule has 3 heteroatoms. The number of nitrogens with zero attached hydrogens (tertiary/aromatic N) is 1. The van der Waals surface area contributed by atoms with Crippen LogP contribution in [0.4, 0.5) is 4.39 Å². The number of benzene rings is 1. The van der Waals surface area contributed by atoms with Crippen molar-refractivity contribution in [1.82, 2.24) is 4.31 Å². The highest BCUT2D eigenvalue weighted by Gasteiger charge is 2.07. The van der Waals surface area contributed by atoms with Gasteiger partial charge in [-0.25, -0.2) is 4.31 Å². The van der Waals surface area contributed by atoms with Crippen LogP contribution in [0, 0.1) is 0 Å². The maximum absolute atomic E-state index is 12.2. The first-order valence-electron chi connectivity index (χ1n) is 5.96. The summed E-state index contributed by atoms with van der Waals surface area (Å²) in [5, 5.41) is 0. The monoisotopic (exact) mass is 253 g/mol. The Morgan fingerprint density at radius 2 is 2.06 bits per heavy atom. The quantitative estimate of drug-likeness (QED) is 0.501. The summed E-state index contributed by atoms with van der Waals surface area (Å²) in [7, 11) is 0. The van der Waals surface area contributed by atoms with Crippen LogP contribution in [0.25, 0.3) is 0 Å². The number of hydrogen-bond donors (Lipinski definition) is 0. The molecule has 0 aliphatic rings. The van der Waals surface area contributed by atoms with Gasteiger partial charge in [-0.05, 0) is 36.9 Å². The maximum Gasteiger partial charge on any atom is 0.0931 e. The highest BCUT2D eigenvalue weighted by Crippen LogP contribution is 2.23. The molecule has 17 heavy (non-hydrogen) atoms. The summed E-state index contributed by atoms with van der Waals surface area (Å²) >= 11 is 1.72. The normalized spacial score (nSPS) is 10.8. The van der Waals surface area contributed by atoms with Crippen molar-refractivity contribution in [2.24, 2.45) is 0 Å². The number of hydrogen-bond acceptors (Lipinski definition) is 2. The van der Waals surface area contributed by atoms with Gasteiger partial charge in [-0.2, -0.15) is 0 Å².